The molecule has 192 valence electrons. The first-order valence-corrected chi connectivity index (χ1v) is 12.8. The summed E-state index contributed by atoms with van der Waals surface area (Å²) in [5, 5.41) is 16.2. The zero-order valence-corrected chi connectivity index (χ0v) is 21.5. The Morgan fingerprint density at radius 1 is 1.17 bits per heavy atom. The molecule has 3 fully saturated rings. The predicted molar refractivity (Wildman–Crippen MR) is 131 cm³/mol. The van der Waals surface area contributed by atoms with E-state index in [2.05, 4.69) is 10.6 Å². The Morgan fingerprint density at radius 2 is 1.86 bits per heavy atom. The van der Waals surface area contributed by atoms with Crippen molar-refractivity contribution in [1.29, 1.82) is 0 Å². The van der Waals surface area contributed by atoms with Crippen molar-refractivity contribution in [2.45, 2.75) is 95.7 Å². The average molecular weight is 486 g/mol. The summed E-state index contributed by atoms with van der Waals surface area (Å²) in [6.45, 7) is 9.64. The zero-order chi connectivity index (χ0) is 25.6. The first-order valence-electron chi connectivity index (χ1n) is 12.8. The number of benzene rings is 1. The minimum Gasteiger partial charge on any atom is -0.394 e. The molecule has 3 heterocycles. The fourth-order valence-corrected chi connectivity index (χ4v) is 6.49. The Balaban J connectivity index is 1.72. The number of hydrogen-bond acceptors (Lipinski definition) is 5. The van der Waals surface area contributed by atoms with Crippen molar-refractivity contribution in [2.75, 3.05) is 6.61 Å². The lowest BCUT2D eigenvalue weighted by atomic mass is 9.65. The van der Waals surface area contributed by atoms with Gasteiger partial charge in [-0.2, -0.15) is 0 Å². The number of hydrogen-bond donors (Lipinski definition) is 3. The van der Waals surface area contributed by atoms with Gasteiger partial charge in [0.05, 0.1) is 30.1 Å². The maximum Gasteiger partial charge on any atom is 0.246 e. The van der Waals surface area contributed by atoms with Gasteiger partial charge in [-0.25, -0.2) is 0 Å². The van der Waals surface area contributed by atoms with E-state index in [0.717, 1.165) is 5.56 Å². The third-order valence-corrected chi connectivity index (χ3v) is 8.03. The smallest absolute Gasteiger partial charge is 0.246 e. The van der Waals surface area contributed by atoms with Crippen LogP contribution in [0.25, 0.3) is 0 Å². The number of amides is 3. The molecular formula is C27H39N3O5. The summed E-state index contributed by atoms with van der Waals surface area (Å²) in [6.07, 6.45) is 2.21. The van der Waals surface area contributed by atoms with Gasteiger partial charge in [0.25, 0.3) is 0 Å². The first kappa shape index (κ1) is 25.6. The van der Waals surface area contributed by atoms with Crippen molar-refractivity contribution in [1.82, 2.24) is 15.5 Å². The molecule has 3 amide bonds. The summed E-state index contributed by atoms with van der Waals surface area (Å²) in [5.41, 5.74) is -1.40. The predicted octanol–water partition coefficient (Wildman–Crippen LogP) is 2.14. The fraction of sp³-hybridized carbons (Fsp3) is 0.667. The van der Waals surface area contributed by atoms with Crippen LogP contribution in [0.15, 0.2) is 30.3 Å². The summed E-state index contributed by atoms with van der Waals surface area (Å²) >= 11 is 0. The molecule has 1 spiro atoms. The molecule has 3 aliphatic rings. The van der Waals surface area contributed by atoms with Crippen LogP contribution in [-0.2, 0) is 25.7 Å². The Labute approximate surface area is 207 Å². The molecule has 0 aromatic heterocycles. The average Bonchev–Trinajstić information content (AvgIpc) is 3.42. The minimum atomic E-state index is -1.08. The van der Waals surface area contributed by atoms with Crippen LogP contribution in [0.3, 0.4) is 0 Å². The number of fused-ring (bicyclic) bond motifs is 1. The largest absolute Gasteiger partial charge is 0.394 e. The van der Waals surface area contributed by atoms with Crippen molar-refractivity contribution < 1.29 is 24.2 Å². The van der Waals surface area contributed by atoms with Gasteiger partial charge in [-0.3, -0.25) is 14.4 Å². The summed E-state index contributed by atoms with van der Waals surface area (Å²) in [5.74, 6) is -2.23. The molecule has 0 radical (unpaired) electrons. The number of rotatable bonds is 8. The molecule has 1 aromatic carbocycles. The number of carbonyl (C=O) groups is 3. The highest BCUT2D eigenvalue weighted by Gasteiger charge is 2.79. The Bertz CT molecular complexity index is 973. The van der Waals surface area contributed by atoms with E-state index >= 15 is 0 Å². The molecule has 2 unspecified atom stereocenters. The summed E-state index contributed by atoms with van der Waals surface area (Å²) in [7, 11) is 0. The van der Waals surface area contributed by atoms with Gasteiger partial charge in [0.1, 0.15) is 11.6 Å². The van der Waals surface area contributed by atoms with Crippen LogP contribution in [0, 0.1) is 11.8 Å². The number of carbonyl (C=O) groups excluding carboxylic acids is 3. The van der Waals surface area contributed by atoms with Gasteiger partial charge in [0.2, 0.25) is 17.7 Å². The molecule has 8 nitrogen and oxygen atoms in total. The van der Waals surface area contributed by atoms with Crippen molar-refractivity contribution in [2.24, 2.45) is 11.8 Å². The molecule has 0 aliphatic carbocycles. The van der Waals surface area contributed by atoms with Gasteiger partial charge in [0.15, 0.2) is 0 Å². The van der Waals surface area contributed by atoms with Crippen LogP contribution in [0.4, 0.5) is 0 Å². The molecule has 0 saturated carbocycles. The number of ether oxygens (including phenoxy) is 1. The van der Waals surface area contributed by atoms with Crippen LogP contribution in [0.1, 0.15) is 65.9 Å². The van der Waals surface area contributed by atoms with E-state index in [1.54, 1.807) is 0 Å². The second-order valence-corrected chi connectivity index (χ2v) is 11.3. The molecule has 3 saturated heterocycles. The summed E-state index contributed by atoms with van der Waals surface area (Å²) in [4.78, 5) is 42.9. The molecule has 3 aliphatic heterocycles. The molecule has 3 N–H and O–H groups in total. The first-order chi connectivity index (χ1) is 16.5. The highest BCUT2D eigenvalue weighted by atomic mass is 16.5. The quantitative estimate of drug-likeness (QED) is 0.523. The maximum absolute atomic E-state index is 14.0. The molecule has 4 rings (SSSR count). The van der Waals surface area contributed by atoms with Crippen molar-refractivity contribution in [3.05, 3.63) is 35.9 Å². The van der Waals surface area contributed by atoms with E-state index in [4.69, 9.17) is 4.74 Å². The molecule has 1 aromatic rings. The van der Waals surface area contributed by atoms with Crippen LogP contribution in [-0.4, -0.2) is 63.2 Å². The lowest BCUT2D eigenvalue weighted by Crippen LogP contribution is -2.60. The molecule has 35 heavy (non-hydrogen) atoms. The normalized spacial score (nSPS) is 32.5. The van der Waals surface area contributed by atoms with Crippen LogP contribution < -0.4 is 10.6 Å². The lowest BCUT2D eigenvalue weighted by Gasteiger charge is -2.38. The van der Waals surface area contributed by atoms with Crippen LogP contribution in [0.5, 0.6) is 0 Å². The van der Waals surface area contributed by atoms with Gasteiger partial charge < -0.3 is 25.4 Å². The molecule has 6 atom stereocenters. The second-order valence-electron chi connectivity index (χ2n) is 11.3. The fourth-order valence-electron chi connectivity index (χ4n) is 6.49. The van der Waals surface area contributed by atoms with Gasteiger partial charge in [-0.05, 0) is 52.0 Å². The molecule has 2 bridgehead atoms. The zero-order valence-electron chi connectivity index (χ0n) is 21.5. The van der Waals surface area contributed by atoms with Crippen LogP contribution in [0.2, 0.25) is 0 Å². The number of likely N-dealkylation sites (tertiary alicyclic amines) is 1. The maximum atomic E-state index is 14.0. The molecular weight excluding hydrogens is 446 g/mol. The Kier molecular flexibility index (Phi) is 6.74. The number of nitrogens with one attached hydrogen (secondary N) is 2. The Hall–Kier alpha value is -2.45. The third kappa shape index (κ3) is 4.14. The van der Waals surface area contributed by atoms with Gasteiger partial charge in [-0.1, -0.05) is 44.2 Å². The van der Waals surface area contributed by atoms with E-state index in [9.17, 15) is 19.5 Å². The van der Waals surface area contributed by atoms with Gasteiger partial charge >= 0.3 is 0 Å². The Morgan fingerprint density at radius 3 is 2.43 bits per heavy atom. The summed E-state index contributed by atoms with van der Waals surface area (Å²) < 4.78 is 6.73. The second kappa shape index (κ2) is 9.21. The van der Waals surface area contributed by atoms with Crippen LogP contribution >= 0.6 is 0 Å². The van der Waals surface area contributed by atoms with E-state index in [-0.39, 0.29) is 24.3 Å². The van der Waals surface area contributed by atoms with E-state index in [1.165, 1.54) is 4.90 Å². The number of aliphatic hydroxyl groups is 1. The highest BCUT2D eigenvalue weighted by Crippen LogP contribution is 2.64. The van der Waals surface area contributed by atoms with Crippen molar-refractivity contribution in [3.8, 4) is 0 Å². The van der Waals surface area contributed by atoms with Crippen molar-refractivity contribution >= 4 is 17.7 Å². The standard InChI is InChI=1S/C27H39N3O5/c1-6-18(16-31)30-21(23(33)29-25(3,4)5)27-14-13-26(7-2,35-27)19(20(27)24(30)34)22(32)28-15-17-11-9-8-10-12-17/h8-12,18-21,31H,6-7,13-16H2,1-5H3,(H,28,32)(H,29,33)/t18-,19+,20-,21?,26-,27?/m0/s1. The third-order valence-electron chi connectivity index (χ3n) is 8.03. The van der Waals surface area contributed by atoms with E-state index in [0.29, 0.717) is 32.2 Å². The van der Waals surface area contributed by atoms with E-state index < -0.39 is 40.7 Å². The topological polar surface area (TPSA) is 108 Å². The SMILES string of the molecule is CC[C@@H](CO)N1C(=O)[C@@H]2[C@H](C(=O)NCc3ccccc3)[C@]3(CC)CCC2(O3)C1C(=O)NC(C)(C)C. The monoisotopic (exact) mass is 485 g/mol. The van der Waals surface area contributed by atoms with Gasteiger partial charge in [-0.15, -0.1) is 0 Å². The number of aliphatic hydroxyl groups excluding tert-OH is 1. The highest BCUT2D eigenvalue weighted by molar-refractivity contribution is 5.99. The number of nitrogens with zero attached hydrogens (tertiary/aromatic N) is 1. The lowest BCUT2D eigenvalue weighted by molar-refractivity contribution is -0.151. The minimum absolute atomic E-state index is 0.218. The van der Waals surface area contributed by atoms with Crippen molar-refractivity contribution in [3.63, 3.8) is 0 Å². The summed E-state index contributed by atoms with van der Waals surface area (Å²) in [6, 6.07) is 8.23. The van der Waals surface area contributed by atoms with E-state index in [1.807, 2.05) is 65.0 Å². The molecule has 8 heteroatoms. The van der Waals surface area contributed by atoms with Gasteiger partial charge in [0, 0.05) is 12.1 Å².